The molecular weight excluding hydrogens is 243 g/mol. The van der Waals surface area contributed by atoms with Gasteiger partial charge in [0.25, 0.3) is 0 Å². The highest BCUT2D eigenvalue weighted by atomic mass is 19.1. The van der Waals surface area contributed by atoms with Crippen LogP contribution in [0.1, 0.15) is 30.6 Å². The van der Waals surface area contributed by atoms with Crippen LogP contribution in [0, 0.1) is 5.82 Å². The number of ketones is 1. The summed E-state index contributed by atoms with van der Waals surface area (Å²) in [7, 11) is 0. The number of nitrogens with one attached hydrogen (secondary N) is 1. The third-order valence-electron chi connectivity index (χ3n) is 3.73. The van der Waals surface area contributed by atoms with E-state index >= 15 is 0 Å². The summed E-state index contributed by atoms with van der Waals surface area (Å²) in [6, 6.07) is 5.80. The largest absolute Gasteiger partial charge is 0.314 e. The molecule has 0 unspecified atom stereocenters. The maximum atomic E-state index is 12.9. The molecule has 0 atom stereocenters. The van der Waals surface area contributed by atoms with E-state index in [0.29, 0.717) is 12.0 Å². The third kappa shape index (κ3) is 3.61. The highest BCUT2D eigenvalue weighted by Gasteiger charge is 2.30. The number of rotatable bonds is 4. The Morgan fingerprint density at radius 1 is 1.26 bits per heavy atom. The van der Waals surface area contributed by atoms with Crippen LogP contribution in [0.15, 0.2) is 24.3 Å². The van der Waals surface area contributed by atoms with E-state index in [-0.39, 0.29) is 17.1 Å². The Bertz CT molecular complexity index is 436. The van der Waals surface area contributed by atoms with E-state index in [2.05, 4.69) is 24.1 Å². The Hall–Kier alpha value is -1.26. The normalized spacial score (nSPS) is 17.4. The predicted octanol–water partition coefficient (Wildman–Crippen LogP) is 2.08. The molecule has 3 nitrogen and oxygen atoms in total. The lowest BCUT2D eigenvalue weighted by Crippen LogP contribution is -2.54. The van der Waals surface area contributed by atoms with Crippen molar-refractivity contribution in [3.8, 4) is 0 Å². The van der Waals surface area contributed by atoms with Gasteiger partial charge in [-0.15, -0.1) is 0 Å². The van der Waals surface area contributed by atoms with Gasteiger partial charge in [-0.3, -0.25) is 9.69 Å². The van der Waals surface area contributed by atoms with E-state index in [1.165, 1.54) is 12.1 Å². The van der Waals surface area contributed by atoms with E-state index in [9.17, 15) is 9.18 Å². The molecule has 1 aromatic rings. The molecule has 2 rings (SSSR count). The Morgan fingerprint density at radius 2 is 1.84 bits per heavy atom. The standard InChI is InChI=1S/C15H21FN2O/c1-15(2,18-9-7-17-8-10-18)11-14(19)12-3-5-13(16)6-4-12/h3-6,17H,7-11H2,1-2H3. The Morgan fingerprint density at radius 3 is 2.42 bits per heavy atom. The van der Waals surface area contributed by atoms with Crippen molar-refractivity contribution in [3.63, 3.8) is 0 Å². The zero-order valence-corrected chi connectivity index (χ0v) is 11.6. The van der Waals surface area contributed by atoms with Crippen LogP contribution in [-0.2, 0) is 0 Å². The summed E-state index contributed by atoms with van der Waals surface area (Å²) < 4.78 is 12.9. The average Bonchev–Trinajstić information content (AvgIpc) is 2.40. The van der Waals surface area contributed by atoms with Gasteiger partial charge >= 0.3 is 0 Å². The van der Waals surface area contributed by atoms with Crippen molar-refractivity contribution in [1.82, 2.24) is 10.2 Å². The highest BCUT2D eigenvalue weighted by molar-refractivity contribution is 5.96. The van der Waals surface area contributed by atoms with Crippen LogP contribution in [0.25, 0.3) is 0 Å². The molecular formula is C15H21FN2O. The van der Waals surface area contributed by atoms with Gasteiger partial charge in [0.15, 0.2) is 5.78 Å². The molecule has 1 aromatic carbocycles. The molecule has 1 aliphatic rings. The summed E-state index contributed by atoms with van der Waals surface area (Å²) in [5.74, 6) is -0.235. The van der Waals surface area contributed by atoms with E-state index in [1.807, 2.05) is 0 Å². The van der Waals surface area contributed by atoms with Gasteiger partial charge in [-0.2, -0.15) is 0 Å². The SMILES string of the molecule is CC(C)(CC(=O)c1ccc(F)cc1)N1CCNCC1. The molecule has 104 valence electrons. The number of carbonyl (C=O) groups is 1. The summed E-state index contributed by atoms with van der Waals surface area (Å²) in [5, 5.41) is 3.31. The zero-order chi connectivity index (χ0) is 13.9. The number of carbonyl (C=O) groups excluding carboxylic acids is 1. The van der Waals surface area contributed by atoms with Gasteiger partial charge < -0.3 is 5.32 Å². The second kappa shape index (κ2) is 5.80. The lowest BCUT2D eigenvalue weighted by Gasteiger charge is -2.40. The molecule has 4 heteroatoms. The van der Waals surface area contributed by atoms with E-state index in [1.54, 1.807) is 12.1 Å². The average molecular weight is 264 g/mol. The van der Waals surface area contributed by atoms with Crippen molar-refractivity contribution in [2.24, 2.45) is 0 Å². The first-order valence-corrected chi connectivity index (χ1v) is 6.73. The van der Waals surface area contributed by atoms with Crippen LogP contribution in [0.2, 0.25) is 0 Å². The van der Waals surface area contributed by atoms with Gasteiger partial charge in [0.1, 0.15) is 5.82 Å². The highest BCUT2D eigenvalue weighted by Crippen LogP contribution is 2.22. The summed E-state index contributed by atoms with van der Waals surface area (Å²) in [4.78, 5) is 14.6. The number of piperazine rings is 1. The van der Waals surface area contributed by atoms with Crippen molar-refractivity contribution in [2.75, 3.05) is 26.2 Å². The fraction of sp³-hybridized carbons (Fsp3) is 0.533. The lowest BCUT2D eigenvalue weighted by molar-refractivity contribution is 0.0729. The molecule has 0 spiro atoms. The molecule has 0 aliphatic carbocycles. The fourth-order valence-electron chi connectivity index (χ4n) is 2.51. The summed E-state index contributed by atoms with van der Waals surface area (Å²) in [6.45, 7) is 8.05. The first kappa shape index (κ1) is 14.2. The molecule has 1 heterocycles. The van der Waals surface area contributed by atoms with Crippen molar-refractivity contribution < 1.29 is 9.18 Å². The molecule has 19 heavy (non-hydrogen) atoms. The molecule has 1 saturated heterocycles. The number of benzene rings is 1. The maximum absolute atomic E-state index is 12.9. The van der Waals surface area contributed by atoms with Crippen LogP contribution in [0.4, 0.5) is 4.39 Å². The minimum absolute atomic E-state index is 0.0727. The number of hydrogen-bond acceptors (Lipinski definition) is 3. The first-order valence-electron chi connectivity index (χ1n) is 6.73. The fourth-order valence-corrected chi connectivity index (χ4v) is 2.51. The number of Topliss-reactive ketones (excluding diaryl/α,β-unsaturated/α-hetero) is 1. The van der Waals surface area contributed by atoms with Crippen LogP contribution in [-0.4, -0.2) is 42.4 Å². The predicted molar refractivity (Wildman–Crippen MR) is 73.9 cm³/mol. The Labute approximate surface area is 113 Å². The second-order valence-corrected chi connectivity index (χ2v) is 5.66. The zero-order valence-electron chi connectivity index (χ0n) is 11.6. The molecule has 0 radical (unpaired) electrons. The topological polar surface area (TPSA) is 32.3 Å². The van der Waals surface area contributed by atoms with Crippen molar-refractivity contribution in [2.45, 2.75) is 25.8 Å². The number of halogens is 1. The van der Waals surface area contributed by atoms with Crippen LogP contribution < -0.4 is 5.32 Å². The van der Waals surface area contributed by atoms with E-state index < -0.39 is 0 Å². The molecule has 0 amide bonds. The molecule has 1 fully saturated rings. The van der Waals surface area contributed by atoms with Gasteiger partial charge in [0.05, 0.1) is 0 Å². The van der Waals surface area contributed by atoms with Crippen molar-refractivity contribution in [1.29, 1.82) is 0 Å². The summed E-state index contributed by atoms with van der Waals surface area (Å²) >= 11 is 0. The molecule has 0 bridgehead atoms. The minimum Gasteiger partial charge on any atom is -0.314 e. The van der Waals surface area contributed by atoms with Gasteiger partial charge in [-0.05, 0) is 38.1 Å². The van der Waals surface area contributed by atoms with Gasteiger partial charge in [0, 0.05) is 43.7 Å². The monoisotopic (exact) mass is 264 g/mol. The second-order valence-electron chi connectivity index (χ2n) is 5.66. The van der Waals surface area contributed by atoms with Gasteiger partial charge in [0.2, 0.25) is 0 Å². The van der Waals surface area contributed by atoms with Crippen LogP contribution in [0.3, 0.4) is 0 Å². The van der Waals surface area contributed by atoms with Crippen molar-refractivity contribution >= 4 is 5.78 Å². The smallest absolute Gasteiger partial charge is 0.164 e. The Kier molecular flexibility index (Phi) is 4.32. The summed E-state index contributed by atoms with van der Waals surface area (Å²) in [6.07, 6.45) is 0.457. The van der Waals surface area contributed by atoms with Crippen LogP contribution >= 0.6 is 0 Å². The number of nitrogens with zero attached hydrogens (tertiary/aromatic N) is 1. The minimum atomic E-state index is -0.307. The summed E-state index contributed by atoms with van der Waals surface area (Å²) in [5.41, 5.74) is 0.428. The van der Waals surface area contributed by atoms with E-state index in [0.717, 1.165) is 26.2 Å². The molecule has 1 N–H and O–H groups in total. The number of hydrogen-bond donors (Lipinski definition) is 1. The first-order chi connectivity index (χ1) is 8.99. The van der Waals surface area contributed by atoms with Gasteiger partial charge in [-0.25, -0.2) is 4.39 Å². The van der Waals surface area contributed by atoms with Gasteiger partial charge in [-0.1, -0.05) is 0 Å². The maximum Gasteiger partial charge on any atom is 0.164 e. The lowest BCUT2D eigenvalue weighted by atomic mass is 9.92. The molecule has 0 saturated carbocycles. The molecule has 1 aliphatic heterocycles. The van der Waals surface area contributed by atoms with E-state index in [4.69, 9.17) is 0 Å². The van der Waals surface area contributed by atoms with Crippen molar-refractivity contribution in [3.05, 3.63) is 35.6 Å². The molecule has 0 aromatic heterocycles. The Balaban J connectivity index is 2.02. The van der Waals surface area contributed by atoms with Crippen LogP contribution in [0.5, 0.6) is 0 Å². The quantitative estimate of drug-likeness (QED) is 0.845. The third-order valence-corrected chi connectivity index (χ3v) is 3.73.